The van der Waals surface area contributed by atoms with Crippen LogP contribution >= 0.6 is 0 Å². The molecule has 2 rings (SSSR count). The van der Waals surface area contributed by atoms with Crippen molar-refractivity contribution in [2.75, 3.05) is 17.7 Å². The number of hydrogen-bond donors (Lipinski definition) is 2. The van der Waals surface area contributed by atoms with Crippen molar-refractivity contribution < 1.29 is 4.92 Å². The number of rotatable bonds is 4. The Bertz CT molecular complexity index is 509. The molecular weight excluding hydrogens is 242 g/mol. The Morgan fingerprint density at radius 2 is 1.68 bits per heavy atom. The topological polar surface area (TPSA) is 67.2 Å². The van der Waals surface area contributed by atoms with Crippen LogP contribution in [0.4, 0.5) is 17.1 Å². The van der Waals surface area contributed by atoms with Gasteiger partial charge in [-0.1, -0.05) is 33.8 Å². The highest BCUT2D eigenvalue weighted by atomic mass is 16.6. The number of nitro benzene ring substituents is 1. The predicted octanol–water partition coefficient (Wildman–Crippen LogP) is 3.48. The Labute approximate surface area is 113 Å². The van der Waals surface area contributed by atoms with E-state index in [-0.39, 0.29) is 27.5 Å². The van der Waals surface area contributed by atoms with Gasteiger partial charge in [0.15, 0.2) is 0 Å². The van der Waals surface area contributed by atoms with Crippen LogP contribution in [0.25, 0.3) is 0 Å². The highest BCUT2D eigenvalue weighted by Crippen LogP contribution is 2.64. The number of nitrogens with one attached hydrogen (secondary N) is 2. The smallest absolute Gasteiger partial charge is 0.315 e. The first-order valence-corrected chi connectivity index (χ1v) is 6.45. The van der Waals surface area contributed by atoms with Crippen LogP contribution in [0.15, 0.2) is 18.2 Å². The second-order valence-corrected chi connectivity index (χ2v) is 6.23. The van der Waals surface area contributed by atoms with Gasteiger partial charge in [0.05, 0.1) is 4.92 Å². The molecule has 0 bridgehead atoms. The highest BCUT2D eigenvalue weighted by Gasteiger charge is 2.65. The Balaban J connectivity index is 2.35. The van der Waals surface area contributed by atoms with Crippen molar-refractivity contribution in [1.29, 1.82) is 0 Å². The molecule has 0 aromatic heterocycles. The second kappa shape index (κ2) is 4.11. The molecule has 0 aliphatic heterocycles. The SMILES string of the molecule is CNc1cccc(NC2C(C)(C)C2(C)C)c1[N+](=O)[O-]. The maximum Gasteiger partial charge on any atom is 0.315 e. The van der Waals surface area contributed by atoms with Gasteiger partial charge in [-0.15, -0.1) is 0 Å². The largest absolute Gasteiger partial charge is 0.382 e. The predicted molar refractivity (Wildman–Crippen MR) is 77.6 cm³/mol. The molecule has 0 saturated heterocycles. The molecule has 104 valence electrons. The molecule has 5 nitrogen and oxygen atoms in total. The van der Waals surface area contributed by atoms with Crippen molar-refractivity contribution in [3.05, 3.63) is 28.3 Å². The van der Waals surface area contributed by atoms with E-state index in [0.29, 0.717) is 11.4 Å². The molecule has 0 spiro atoms. The van der Waals surface area contributed by atoms with Crippen molar-refractivity contribution in [3.8, 4) is 0 Å². The van der Waals surface area contributed by atoms with Crippen LogP contribution in [0.5, 0.6) is 0 Å². The van der Waals surface area contributed by atoms with Gasteiger partial charge < -0.3 is 10.6 Å². The molecule has 1 aliphatic carbocycles. The first-order valence-electron chi connectivity index (χ1n) is 6.45. The first-order chi connectivity index (χ1) is 8.73. The van der Waals surface area contributed by atoms with E-state index in [2.05, 4.69) is 38.3 Å². The molecule has 0 unspecified atom stereocenters. The van der Waals surface area contributed by atoms with Gasteiger partial charge in [0.25, 0.3) is 0 Å². The van der Waals surface area contributed by atoms with Gasteiger partial charge in [0.2, 0.25) is 0 Å². The van der Waals surface area contributed by atoms with Crippen LogP contribution in [-0.2, 0) is 0 Å². The van der Waals surface area contributed by atoms with Crippen molar-refractivity contribution in [2.24, 2.45) is 10.8 Å². The fourth-order valence-corrected chi connectivity index (χ4v) is 2.77. The van der Waals surface area contributed by atoms with Crippen LogP contribution in [0.1, 0.15) is 27.7 Å². The van der Waals surface area contributed by atoms with E-state index >= 15 is 0 Å². The zero-order valence-electron chi connectivity index (χ0n) is 12.1. The van der Waals surface area contributed by atoms with Gasteiger partial charge in [0, 0.05) is 13.1 Å². The fourth-order valence-electron chi connectivity index (χ4n) is 2.77. The minimum atomic E-state index is -0.337. The van der Waals surface area contributed by atoms with E-state index < -0.39 is 0 Å². The Morgan fingerprint density at radius 3 is 2.11 bits per heavy atom. The fraction of sp³-hybridized carbons (Fsp3) is 0.571. The third kappa shape index (κ3) is 1.93. The van der Waals surface area contributed by atoms with Crippen LogP contribution < -0.4 is 10.6 Å². The van der Waals surface area contributed by atoms with Crippen LogP contribution in [-0.4, -0.2) is 18.0 Å². The number of nitrogens with zero attached hydrogens (tertiary/aromatic N) is 1. The average Bonchev–Trinajstić information content (AvgIpc) is 2.71. The van der Waals surface area contributed by atoms with E-state index in [4.69, 9.17) is 0 Å². The summed E-state index contributed by atoms with van der Waals surface area (Å²) < 4.78 is 0. The summed E-state index contributed by atoms with van der Waals surface area (Å²) in [6.07, 6.45) is 0. The van der Waals surface area contributed by atoms with Crippen molar-refractivity contribution in [2.45, 2.75) is 33.7 Å². The minimum absolute atomic E-state index is 0.114. The van der Waals surface area contributed by atoms with Gasteiger partial charge in [0.1, 0.15) is 11.4 Å². The molecule has 1 saturated carbocycles. The summed E-state index contributed by atoms with van der Waals surface area (Å²) >= 11 is 0. The van der Waals surface area contributed by atoms with Crippen LogP contribution in [0.2, 0.25) is 0 Å². The molecular formula is C14H21N3O2. The summed E-state index contributed by atoms with van der Waals surface area (Å²) in [5.41, 5.74) is 1.50. The summed E-state index contributed by atoms with van der Waals surface area (Å²) in [5.74, 6) is 0. The Morgan fingerprint density at radius 1 is 1.16 bits per heavy atom. The summed E-state index contributed by atoms with van der Waals surface area (Å²) in [6, 6.07) is 5.55. The summed E-state index contributed by atoms with van der Waals surface area (Å²) in [4.78, 5) is 10.9. The molecule has 1 aromatic carbocycles. The highest BCUT2D eigenvalue weighted by molar-refractivity contribution is 5.76. The summed E-state index contributed by atoms with van der Waals surface area (Å²) in [5, 5.41) is 17.5. The zero-order valence-corrected chi connectivity index (χ0v) is 12.1. The van der Waals surface area contributed by atoms with Gasteiger partial charge >= 0.3 is 5.69 Å². The third-order valence-corrected chi connectivity index (χ3v) is 4.81. The maximum atomic E-state index is 11.3. The van der Waals surface area contributed by atoms with Crippen LogP contribution in [0, 0.1) is 20.9 Å². The number of anilines is 2. The van der Waals surface area contributed by atoms with E-state index in [0.717, 1.165) is 0 Å². The summed E-state index contributed by atoms with van der Waals surface area (Å²) in [7, 11) is 1.69. The van der Waals surface area contributed by atoms with E-state index in [1.165, 1.54) is 0 Å². The van der Waals surface area contributed by atoms with Crippen LogP contribution in [0.3, 0.4) is 0 Å². The normalized spacial score (nSPS) is 19.8. The van der Waals surface area contributed by atoms with Crippen molar-refractivity contribution in [1.82, 2.24) is 0 Å². The van der Waals surface area contributed by atoms with Gasteiger partial charge in [-0.3, -0.25) is 10.1 Å². The Hall–Kier alpha value is -1.78. The molecule has 0 heterocycles. The molecule has 2 N–H and O–H groups in total. The molecule has 1 aromatic rings. The molecule has 5 heteroatoms. The molecule has 0 amide bonds. The number of nitro groups is 1. The molecule has 1 fully saturated rings. The zero-order chi connectivity index (χ0) is 14.4. The lowest BCUT2D eigenvalue weighted by Gasteiger charge is -2.11. The average molecular weight is 263 g/mol. The molecule has 0 radical (unpaired) electrons. The standard InChI is InChI=1S/C14H21N3O2/c1-13(2)12(14(13,3)4)16-10-8-6-7-9(15-5)11(10)17(18)19/h6-8,12,15-16H,1-5H3. The monoisotopic (exact) mass is 263 g/mol. The lowest BCUT2D eigenvalue weighted by atomic mass is 10.0. The lowest BCUT2D eigenvalue weighted by molar-refractivity contribution is -0.383. The molecule has 19 heavy (non-hydrogen) atoms. The lowest BCUT2D eigenvalue weighted by Crippen LogP contribution is -2.12. The van der Waals surface area contributed by atoms with Gasteiger partial charge in [-0.2, -0.15) is 0 Å². The molecule has 1 aliphatic rings. The summed E-state index contributed by atoms with van der Waals surface area (Å²) in [6.45, 7) is 8.72. The number of hydrogen-bond acceptors (Lipinski definition) is 4. The van der Waals surface area contributed by atoms with Crippen molar-refractivity contribution >= 4 is 17.1 Å². The van der Waals surface area contributed by atoms with Gasteiger partial charge in [-0.25, -0.2) is 0 Å². The second-order valence-electron chi connectivity index (χ2n) is 6.23. The van der Waals surface area contributed by atoms with Crippen molar-refractivity contribution in [3.63, 3.8) is 0 Å². The van der Waals surface area contributed by atoms with E-state index in [1.807, 2.05) is 6.07 Å². The van der Waals surface area contributed by atoms with Gasteiger partial charge in [-0.05, 0) is 23.0 Å². The first kappa shape index (κ1) is 13.6. The number of para-hydroxylation sites is 1. The number of benzene rings is 1. The van der Waals surface area contributed by atoms with E-state index in [9.17, 15) is 10.1 Å². The maximum absolute atomic E-state index is 11.3. The quantitative estimate of drug-likeness (QED) is 0.644. The third-order valence-electron chi connectivity index (χ3n) is 4.81. The minimum Gasteiger partial charge on any atom is -0.382 e. The molecule has 0 atom stereocenters. The Kier molecular flexibility index (Phi) is 2.96. The van der Waals surface area contributed by atoms with E-state index in [1.54, 1.807) is 19.2 Å².